The molecule has 0 atom stereocenters. The molecule has 1 N–H and O–H groups in total. The number of methoxy groups -OCH3 is 1. The summed E-state index contributed by atoms with van der Waals surface area (Å²) in [4.78, 5) is 38.8. The number of benzene rings is 1. The molecule has 0 bridgehead atoms. The molecule has 1 aliphatic carbocycles. The molecule has 1 saturated heterocycles. The maximum absolute atomic E-state index is 13.8. The molecule has 2 fully saturated rings. The van der Waals surface area contributed by atoms with E-state index in [1.165, 1.54) is 12.0 Å². The van der Waals surface area contributed by atoms with Gasteiger partial charge in [0.05, 0.1) is 12.7 Å². The van der Waals surface area contributed by atoms with Crippen molar-refractivity contribution in [3.63, 3.8) is 0 Å². The lowest BCUT2D eigenvalue weighted by atomic mass is 9.91. The Hall–Kier alpha value is -2.51. The van der Waals surface area contributed by atoms with Crippen molar-refractivity contribution in [2.75, 3.05) is 20.2 Å². The molecule has 1 saturated carbocycles. The van der Waals surface area contributed by atoms with Gasteiger partial charge in [0.2, 0.25) is 5.91 Å². The van der Waals surface area contributed by atoms with E-state index in [1.54, 1.807) is 0 Å². The third kappa shape index (κ3) is 4.00. The first kappa shape index (κ1) is 20.2. The molecule has 1 heterocycles. The van der Waals surface area contributed by atoms with Crippen LogP contribution < -0.4 is 5.32 Å². The first-order chi connectivity index (χ1) is 13.4. The average molecular weight is 394 g/mol. The number of likely N-dealkylation sites (tertiary alicyclic amines) is 1. The van der Waals surface area contributed by atoms with Crippen LogP contribution in [0.3, 0.4) is 0 Å². The first-order valence-corrected chi connectivity index (χ1v) is 9.51. The molecule has 152 valence electrons. The Morgan fingerprint density at radius 3 is 2.36 bits per heavy atom. The van der Waals surface area contributed by atoms with Crippen molar-refractivity contribution in [3.05, 3.63) is 35.4 Å². The molecule has 1 aromatic carbocycles. The average Bonchev–Trinajstić information content (AvgIpc) is 3.16. The van der Waals surface area contributed by atoms with E-state index in [-0.39, 0.29) is 17.4 Å². The highest BCUT2D eigenvalue weighted by Gasteiger charge is 2.44. The van der Waals surface area contributed by atoms with Gasteiger partial charge in [0.25, 0.3) is 5.91 Å². The molecule has 1 aromatic rings. The lowest BCUT2D eigenvalue weighted by Gasteiger charge is -2.34. The molecular weight excluding hydrogens is 370 g/mol. The van der Waals surface area contributed by atoms with Gasteiger partial charge in [-0.05, 0) is 37.8 Å². The minimum absolute atomic E-state index is 0.181. The van der Waals surface area contributed by atoms with Gasteiger partial charge < -0.3 is 15.0 Å². The Bertz CT molecular complexity index is 769. The van der Waals surface area contributed by atoms with Crippen molar-refractivity contribution in [1.82, 2.24) is 10.2 Å². The van der Waals surface area contributed by atoms with Crippen LogP contribution in [-0.2, 0) is 14.3 Å². The Balaban J connectivity index is 1.59. The van der Waals surface area contributed by atoms with Crippen molar-refractivity contribution in [3.8, 4) is 0 Å². The first-order valence-electron chi connectivity index (χ1n) is 9.51. The van der Waals surface area contributed by atoms with Crippen LogP contribution in [-0.4, -0.2) is 48.4 Å². The van der Waals surface area contributed by atoms with Gasteiger partial charge in [0, 0.05) is 25.1 Å². The predicted octanol–water partition coefficient (Wildman–Crippen LogP) is 2.42. The number of carbonyl (C=O) groups excluding carboxylic acids is 3. The number of amides is 2. The summed E-state index contributed by atoms with van der Waals surface area (Å²) >= 11 is 0. The number of rotatable bonds is 4. The smallest absolute Gasteiger partial charge is 0.331 e. The van der Waals surface area contributed by atoms with Gasteiger partial charge in [0.15, 0.2) is 0 Å². The van der Waals surface area contributed by atoms with Crippen LogP contribution >= 0.6 is 0 Å². The molecule has 2 amide bonds. The summed E-state index contributed by atoms with van der Waals surface area (Å²) in [5, 5.41) is 2.89. The zero-order valence-electron chi connectivity index (χ0n) is 15.8. The molecule has 3 rings (SSSR count). The number of ether oxygens (including phenoxy) is 1. The molecule has 1 aliphatic heterocycles. The van der Waals surface area contributed by atoms with Crippen LogP contribution in [0.1, 0.15) is 48.9 Å². The summed E-state index contributed by atoms with van der Waals surface area (Å²) < 4.78 is 31.7. The van der Waals surface area contributed by atoms with E-state index in [2.05, 4.69) is 5.32 Å². The van der Waals surface area contributed by atoms with Crippen LogP contribution in [0.5, 0.6) is 0 Å². The Morgan fingerprint density at radius 2 is 1.79 bits per heavy atom. The van der Waals surface area contributed by atoms with Gasteiger partial charge in [-0.25, -0.2) is 13.6 Å². The number of halogens is 2. The van der Waals surface area contributed by atoms with Crippen LogP contribution in [0.2, 0.25) is 0 Å². The van der Waals surface area contributed by atoms with Crippen LogP contribution in [0, 0.1) is 17.6 Å². The maximum Gasteiger partial charge on any atom is 0.331 e. The van der Waals surface area contributed by atoms with E-state index in [0.717, 1.165) is 25.0 Å². The molecule has 28 heavy (non-hydrogen) atoms. The second-order valence-electron chi connectivity index (χ2n) is 7.46. The molecular formula is C20H24F2N2O4. The minimum atomic E-state index is -0.948. The minimum Gasteiger partial charge on any atom is -0.467 e. The van der Waals surface area contributed by atoms with Gasteiger partial charge >= 0.3 is 5.97 Å². The summed E-state index contributed by atoms with van der Waals surface area (Å²) in [6.07, 6.45) is 3.66. The number of nitrogens with zero attached hydrogens (tertiary/aromatic N) is 1. The van der Waals surface area contributed by atoms with E-state index < -0.39 is 29.0 Å². The van der Waals surface area contributed by atoms with E-state index in [1.807, 2.05) is 0 Å². The fraction of sp³-hybridized carbons (Fsp3) is 0.550. The summed E-state index contributed by atoms with van der Waals surface area (Å²) in [5.41, 5.74) is -1.13. The number of nitrogens with one attached hydrogen (secondary N) is 1. The second kappa shape index (κ2) is 8.24. The summed E-state index contributed by atoms with van der Waals surface area (Å²) in [5.74, 6) is -3.12. The number of carbonyl (C=O) groups is 3. The molecule has 0 spiro atoms. The fourth-order valence-electron chi connectivity index (χ4n) is 4.07. The van der Waals surface area contributed by atoms with E-state index in [4.69, 9.17) is 4.74 Å². The van der Waals surface area contributed by atoms with Gasteiger partial charge in [-0.15, -0.1) is 0 Å². The van der Waals surface area contributed by atoms with Gasteiger partial charge in [-0.1, -0.05) is 12.8 Å². The number of hydrogen-bond acceptors (Lipinski definition) is 4. The van der Waals surface area contributed by atoms with Crippen molar-refractivity contribution < 1.29 is 27.9 Å². The number of hydrogen-bond donors (Lipinski definition) is 1. The molecule has 6 nitrogen and oxygen atoms in total. The Labute approximate surface area is 162 Å². The van der Waals surface area contributed by atoms with Gasteiger partial charge in [0.1, 0.15) is 17.2 Å². The highest BCUT2D eigenvalue weighted by molar-refractivity contribution is 5.95. The lowest BCUT2D eigenvalue weighted by molar-refractivity contribution is -0.151. The molecule has 2 aliphatic rings. The highest BCUT2D eigenvalue weighted by atomic mass is 19.1. The predicted molar refractivity (Wildman–Crippen MR) is 96.3 cm³/mol. The van der Waals surface area contributed by atoms with Crippen molar-refractivity contribution in [2.45, 2.75) is 44.1 Å². The summed E-state index contributed by atoms with van der Waals surface area (Å²) in [6.45, 7) is 0.581. The highest BCUT2D eigenvalue weighted by Crippen LogP contribution is 2.32. The summed E-state index contributed by atoms with van der Waals surface area (Å²) in [7, 11) is 1.31. The third-order valence-corrected chi connectivity index (χ3v) is 5.71. The third-order valence-electron chi connectivity index (χ3n) is 5.71. The zero-order valence-corrected chi connectivity index (χ0v) is 15.8. The SMILES string of the molecule is COC(=O)C1(NC(=O)C2CCN(C(=O)c3ccc(F)cc3F)CC2)CCCC1. The maximum atomic E-state index is 13.8. The van der Waals surface area contributed by atoms with Crippen LogP contribution in [0.25, 0.3) is 0 Å². The lowest BCUT2D eigenvalue weighted by Crippen LogP contribution is -2.55. The van der Waals surface area contributed by atoms with Crippen molar-refractivity contribution in [1.29, 1.82) is 0 Å². The molecule has 8 heteroatoms. The van der Waals surface area contributed by atoms with E-state index in [9.17, 15) is 23.2 Å². The van der Waals surface area contributed by atoms with Crippen molar-refractivity contribution >= 4 is 17.8 Å². The topological polar surface area (TPSA) is 75.7 Å². The van der Waals surface area contributed by atoms with E-state index in [0.29, 0.717) is 44.8 Å². The quantitative estimate of drug-likeness (QED) is 0.796. The standard InChI is InChI=1S/C20H24F2N2O4/c1-28-19(27)20(8-2-3-9-20)23-17(25)13-6-10-24(11-7-13)18(26)15-5-4-14(21)12-16(15)22/h4-5,12-13H,2-3,6-11H2,1H3,(H,23,25). The second-order valence-corrected chi connectivity index (χ2v) is 7.46. The normalized spacial score (nSPS) is 19.3. The van der Waals surface area contributed by atoms with Crippen molar-refractivity contribution in [2.24, 2.45) is 5.92 Å². The fourth-order valence-corrected chi connectivity index (χ4v) is 4.07. The Morgan fingerprint density at radius 1 is 1.14 bits per heavy atom. The van der Waals surface area contributed by atoms with Gasteiger partial charge in [-0.2, -0.15) is 0 Å². The summed E-state index contributed by atoms with van der Waals surface area (Å²) in [6, 6.07) is 2.86. The number of piperidine rings is 1. The molecule has 0 aromatic heterocycles. The molecule has 0 unspecified atom stereocenters. The van der Waals surface area contributed by atoms with Crippen LogP contribution in [0.15, 0.2) is 18.2 Å². The van der Waals surface area contributed by atoms with Gasteiger partial charge in [-0.3, -0.25) is 9.59 Å². The largest absolute Gasteiger partial charge is 0.467 e. The molecule has 0 radical (unpaired) electrons. The Kier molecular flexibility index (Phi) is 5.96. The van der Waals surface area contributed by atoms with E-state index >= 15 is 0 Å². The zero-order chi connectivity index (χ0) is 20.3. The van der Waals surface area contributed by atoms with Crippen LogP contribution in [0.4, 0.5) is 8.78 Å². The number of esters is 1. The monoisotopic (exact) mass is 394 g/mol.